The third kappa shape index (κ3) is 3.01. The van der Waals surface area contributed by atoms with E-state index in [1.165, 1.54) is 5.06 Å². The van der Waals surface area contributed by atoms with Crippen LogP contribution in [0.4, 0.5) is 0 Å². The van der Waals surface area contributed by atoms with Gasteiger partial charge >= 0.3 is 0 Å². The minimum Gasteiger partial charge on any atom is -0.496 e. The Hall–Kier alpha value is -1.55. The zero-order chi connectivity index (χ0) is 13.0. The molecule has 0 aliphatic carbocycles. The minimum absolute atomic E-state index is 0.0145. The number of hydrogen-bond donors (Lipinski definition) is 0. The van der Waals surface area contributed by atoms with Gasteiger partial charge in [-0.05, 0) is 37.0 Å². The molecule has 0 aromatic heterocycles. The Morgan fingerprint density at radius 1 is 1.44 bits per heavy atom. The van der Waals surface area contributed by atoms with Crippen LogP contribution in [-0.4, -0.2) is 31.2 Å². The fourth-order valence-electron chi connectivity index (χ4n) is 2.03. The molecule has 0 atom stereocenters. The summed E-state index contributed by atoms with van der Waals surface area (Å²) < 4.78 is 5.26. The summed E-state index contributed by atoms with van der Waals surface area (Å²) in [5, 5.41) is 1.48. The molecule has 1 aromatic carbocycles. The van der Waals surface area contributed by atoms with Crippen LogP contribution in [0.25, 0.3) is 0 Å². The molecule has 98 valence electrons. The number of nitrogens with zero attached hydrogens (tertiary/aromatic N) is 1. The number of aryl methyl sites for hydroxylation is 1. The van der Waals surface area contributed by atoms with Crippen molar-refractivity contribution in [2.45, 2.75) is 26.2 Å². The SMILES string of the molecule is COc1cc(CC(=O)N2CCCCO2)ccc1C. The van der Waals surface area contributed by atoms with Gasteiger partial charge in [0.05, 0.1) is 20.1 Å². The number of carbonyl (C=O) groups is 1. The van der Waals surface area contributed by atoms with Gasteiger partial charge in [0, 0.05) is 6.54 Å². The van der Waals surface area contributed by atoms with E-state index in [4.69, 9.17) is 9.57 Å². The van der Waals surface area contributed by atoms with Crippen LogP contribution >= 0.6 is 0 Å². The van der Waals surface area contributed by atoms with Crippen molar-refractivity contribution in [2.75, 3.05) is 20.3 Å². The normalized spacial score (nSPS) is 15.6. The van der Waals surface area contributed by atoms with Crippen LogP contribution in [0, 0.1) is 6.92 Å². The van der Waals surface area contributed by atoms with Crippen molar-refractivity contribution < 1.29 is 14.4 Å². The average molecular weight is 249 g/mol. The van der Waals surface area contributed by atoms with Crippen molar-refractivity contribution in [1.82, 2.24) is 5.06 Å². The average Bonchev–Trinajstić information content (AvgIpc) is 2.42. The van der Waals surface area contributed by atoms with Gasteiger partial charge in [-0.1, -0.05) is 12.1 Å². The second-order valence-electron chi connectivity index (χ2n) is 4.52. The van der Waals surface area contributed by atoms with Crippen molar-refractivity contribution >= 4 is 5.91 Å². The second-order valence-corrected chi connectivity index (χ2v) is 4.52. The van der Waals surface area contributed by atoms with Crippen LogP contribution in [0.1, 0.15) is 24.0 Å². The molecule has 4 nitrogen and oxygen atoms in total. The quantitative estimate of drug-likeness (QED) is 0.823. The summed E-state index contributed by atoms with van der Waals surface area (Å²) in [7, 11) is 1.64. The fourth-order valence-corrected chi connectivity index (χ4v) is 2.03. The highest BCUT2D eigenvalue weighted by Crippen LogP contribution is 2.20. The highest BCUT2D eigenvalue weighted by molar-refractivity contribution is 5.78. The van der Waals surface area contributed by atoms with Gasteiger partial charge in [0.25, 0.3) is 5.91 Å². The molecule has 2 rings (SSSR count). The van der Waals surface area contributed by atoms with Gasteiger partial charge in [0.1, 0.15) is 5.75 Å². The van der Waals surface area contributed by atoms with E-state index < -0.39 is 0 Å². The first-order valence-electron chi connectivity index (χ1n) is 6.27. The molecule has 0 radical (unpaired) electrons. The maximum atomic E-state index is 12.0. The highest BCUT2D eigenvalue weighted by Gasteiger charge is 2.18. The first-order valence-corrected chi connectivity index (χ1v) is 6.27. The molecule has 1 heterocycles. The molecule has 1 aliphatic heterocycles. The van der Waals surface area contributed by atoms with E-state index in [1.54, 1.807) is 7.11 Å². The Balaban J connectivity index is 2.02. The van der Waals surface area contributed by atoms with Crippen LogP contribution in [0.5, 0.6) is 5.75 Å². The maximum Gasteiger partial charge on any atom is 0.250 e. The largest absolute Gasteiger partial charge is 0.496 e. The van der Waals surface area contributed by atoms with Crippen LogP contribution in [0.3, 0.4) is 0 Å². The Kier molecular flexibility index (Phi) is 4.20. The third-order valence-corrected chi connectivity index (χ3v) is 3.11. The molecule has 0 saturated carbocycles. The molecule has 1 aromatic rings. The molecule has 0 N–H and O–H groups in total. The number of hydrogen-bond acceptors (Lipinski definition) is 3. The first kappa shape index (κ1) is 12.9. The lowest BCUT2D eigenvalue weighted by Gasteiger charge is -2.25. The molecule has 0 unspecified atom stereocenters. The summed E-state index contributed by atoms with van der Waals surface area (Å²) in [6.07, 6.45) is 2.40. The van der Waals surface area contributed by atoms with Gasteiger partial charge in [-0.2, -0.15) is 0 Å². The van der Waals surface area contributed by atoms with Crippen LogP contribution in [0.15, 0.2) is 18.2 Å². The van der Waals surface area contributed by atoms with Gasteiger partial charge in [0.15, 0.2) is 0 Å². The van der Waals surface area contributed by atoms with Crippen molar-refractivity contribution in [3.63, 3.8) is 0 Å². The summed E-state index contributed by atoms with van der Waals surface area (Å²) >= 11 is 0. The van der Waals surface area contributed by atoms with Crippen LogP contribution in [-0.2, 0) is 16.1 Å². The number of hydroxylamine groups is 2. The van der Waals surface area contributed by atoms with E-state index >= 15 is 0 Å². The molecule has 4 heteroatoms. The molecule has 18 heavy (non-hydrogen) atoms. The lowest BCUT2D eigenvalue weighted by atomic mass is 10.1. The van der Waals surface area contributed by atoms with Crippen LogP contribution < -0.4 is 4.74 Å². The molecule has 1 aliphatic rings. The standard InChI is InChI=1S/C14H19NO3/c1-11-5-6-12(9-13(11)17-2)10-14(16)15-7-3-4-8-18-15/h5-6,9H,3-4,7-8,10H2,1-2H3. The topological polar surface area (TPSA) is 38.8 Å². The molecule has 1 fully saturated rings. The van der Waals surface area contributed by atoms with E-state index in [-0.39, 0.29) is 5.91 Å². The van der Waals surface area contributed by atoms with Gasteiger partial charge in [-0.15, -0.1) is 0 Å². The predicted molar refractivity (Wildman–Crippen MR) is 68.3 cm³/mol. The number of ether oxygens (including phenoxy) is 1. The number of methoxy groups -OCH3 is 1. The molecule has 1 amide bonds. The number of rotatable bonds is 3. The molecular formula is C14H19NO3. The Morgan fingerprint density at radius 2 is 2.28 bits per heavy atom. The lowest BCUT2D eigenvalue weighted by molar-refractivity contribution is -0.196. The lowest BCUT2D eigenvalue weighted by Crippen LogP contribution is -2.36. The maximum absolute atomic E-state index is 12.0. The Labute approximate surface area is 107 Å². The molecule has 0 spiro atoms. The van der Waals surface area contributed by atoms with Crippen molar-refractivity contribution in [2.24, 2.45) is 0 Å². The Bertz CT molecular complexity index is 425. The summed E-state index contributed by atoms with van der Waals surface area (Å²) in [4.78, 5) is 17.4. The highest BCUT2D eigenvalue weighted by atomic mass is 16.7. The summed E-state index contributed by atoms with van der Waals surface area (Å²) in [5.41, 5.74) is 2.03. The smallest absolute Gasteiger partial charge is 0.250 e. The first-order chi connectivity index (χ1) is 8.70. The minimum atomic E-state index is 0.0145. The molecule has 0 bridgehead atoms. The Morgan fingerprint density at radius 3 is 2.94 bits per heavy atom. The summed E-state index contributed by atoms with van der Waals surface area (Å²) in [6, 6.07) is 5.84. The van der Waals surface area contributed by atoms with Crippen molar-refractivity contribution in [3.05, 3.63) is 29.3 Å². The van der Waals surface area contributed by atoms with Crippen molar-refractivity contribution in [1.29, 1.82) is 0 Å². The fraction of sp³-hybridized carbons (Fsp3) is 0.500. The molecular weight excluding hydrogens is 230 g/mol. The summed E-state index contributed by atoms with van der Waals surface area (Å²) in [6.45, 7) is 3.32. The van der Waals surface area contributed by atoms with E-state index in [1.807, 2.05) is 25.1 Å². The van der Waals surface area contributed by atoms with E-state index in [9.17, 15) is 4.79 Å². The molecule has 1 saturated heterocycles. The zero-order valence-corrected chi connectivity index (χ0v) is 10.9. The monoisotopic (exact) mass is 249 g/mol. The van der Waals surface area contributed by atoms with E-state index in [2.05, 4.69) is 0 Å². The number of carbonyl (C=O) groups excluding carboxylic acids is 1. The van der Waals surface area contributed by atoms with Gasteiger partial charge in [-0.3, -0.25) is 9.63 Å². The number of benzene rings is 1. The van der Waals surface area contributed by atoms with Gasteiger partial charge in [0.2, 0.25) is 0 Å². The zero-order valence-electron chi connectivity index (χ0n) is 10.9. The second kappa shape index (κ2) is 5.87. The van der Waals surface area contributed by atoms with Crippen molar-refractivity contribution in [3.8, 4) is 5.75 Å². The van der Waals surface area contributed by atoms with E-state index in [0.717, 1.165) is 29.7 Å². The van der Waals surface area contributed by atoms with Gasteiger partial charge < -0.3 is 4.74 Å². The third-order valence-electron chi connectivity index (χ3n) is 3.11. The van der Waals surface area contributed by atoms with E-state index in [0.29, 0.717) is 19.6 Å². The number of amides is 1. The predicted octanol–water partition coefficient (Wildman–Crippen LogP) is 2.10. The van der Waals surface area contributed by atoms with Gasteiger partial charge in [-0.25, -0.2) is 5.06 Å². The van der Waals surface area contributed by atoms with Crippen LogP contribution in [0.2, 0.25) is 0 Å². The summed E-state index contributed by atoms with van der Waals surface area (Å²) in [5.74, 6) is 0.834.